The zero-order valence-corrected chi connectivity index (χ0v) is 7.12. The van der Waals surface area contributed by atoms with Gasteiger partial charge in [-0.15, -0.1) is 12.4 Å². The normalized spacial score (nSPS) is 31.6. The zero-order chi connectivity index (χ0) is 7.56. The molecule has 11 heavy (non-hydrogen) atoms. The number of halogens is 3. The van der Waals surface area contributed by atoms with E-state index in [0.717, 1.165) is 12.8 Å². The van der Waals surface area contributed by atoms with E-state index in [1.54, 1.807) is 0 Å². The zero-order valence-electron chi connectivity index (χ0n) is 6.30. The number of hydrogen-bond acceptors (Lipinski definition) is 1. The average molecular weight is 186 g/mol. The van der Waals surface area contributed by atoms with Gasteiger partial charge in [0.05, 0.1) is 0 Å². The molecular formula is C7H14ClF2N. The number of hydrogen-bond donors (Lipinski definition) is 1. The highest BCUT2D eigenvalue weighted by Gasteiger charge is 2.25. The Bertz CT molecular complexity index is 103. The summed E-state index contributed by atoms with van der Waals surface area (Å²) in [4.78, 5) is 0. The van der Waals surface area contributed by atoms with Gasteiger partial charge in [0.25, 0.3) is 0 Å². The van der Waals surface area contributed by atoms with Crippen LogP contribution in [0.5, 0.6) is 0 Å². The first-order valence-electron chi connectivity index (χ1n) is 3.74. The number of nitrogens with two attached hydrogens (primary N) is 1. The Labute approximate surface area is 71.7 Å². The lowest BCUT2D eigenvalue weighted by Gasteiger charge is -2.24. The van der Waals surface area contributed by atoms with Crippen molar-refractivity contribution in [2.24, 2.45) is 11.7 Å². The molecule has 0 amide bonds. The minimum Gasteiger partial charge on any atom is -0.328 e. The molecule has 68 valence electrons. The first kappa shape index (κ1) is 11.1. The van der Waals surface area contributed by atoms with Crippen LogP contribution in [-0.2, 0) is 0 Å². The van der Waals surface area contributed by atoms with Crippen molar-refractivity contribution >= 4 is 12.4 Å². The third kappa shape index (κ3) is 3.34. The fourth-order valence-electron chi connectivity index (χ4n) is 1.40. The Balaban J connectivity index is 0.000001000. The van der Waals surface area contributed by atoms with E-state index < -0.39 is 6.43 Å². The van der Waals surface area contributed by atoms with Crippen LogP contribution in [0.4, 0.5) is 8.78 Å². The summed E-state index contributed by atoms with van der Waals surface area (Å²) in [6.45, 7) is 0. The van der Waals surface area contributed by atoms with Crippen LogP contribution < -0.4 is 5.73 Å². The molecule has 4 heteroatoms. The summed E-state index contributed by atoms with van der Waals surface area (Å²) in [7, 11) is 0. The molecule has 0 atom stereocenters. The minimum atomic E-state index is -2.13. The maximum Gasteiger partial charge on any atom is 0.241 e. The van der Waals surface area contributed by atoms with Crippen LogP contribution in [0, 0.1) is 5.92 Å². The smallest absolute Gasteiger partial charge is 0.241 e. The van der Waals surface area contributed by atoms with Gasteiger partial charge >= 0.3 is 0 Å². The van der Waals surface area contributed by atoms with Crippen LogP contribution in [0.2, 0.25) is 0 Å². The Morgan fingerprint density at radius 2 is 1.55 bits per heavy atom. The van der Waals surface area contributed by atoms with Gasteiger partial charge in [0, 0.05) is 12.0 Å². The van der Waals surface area contributed by atoms with Gasteiger partial charge in [-0.3, -0.25) is 0 Å². The van der Waals surface area contributed by atoms with Gasteiger partial charge in [0.1, 0.15) is 0 Å². The highest BCUT2D eigenvalue weighted by molar-refractivity contribution is 5.85. The molecule has 1 saturated carbocycles. The molecule has 0 radical (unpaired) electrons. The van der Waals surface area contributed by atoms with Crippen molar-refractivity contribution in [3.63, 3.8) is 0 Å². The number of alkyl halides is 2. The Morgan fingerprint density at radius 3 is 1.91 bits per heavy atom. The summed E-state index contributed by atoms with van der Waals surface area (Å²) < 4.78 is 24.0. The van der Waals surface area contributed by atoms with E-state index in [2.05, 4.69) is 0 Å². The van der Waals surface area contributed by atoms with Crippen LogP contribution in [-0.4, -0.2) is 12.5 Å². The lowest BCUT2D eigenvalue weighted by Crippen LogP contribution is -2.29. The quantitative estimate of drug-likeness (QED) is 0.666. The second kappa shape index (κ2) is 4.88. The lowest BCUT2D eigenvalue weighted by atomic mass is 9.87. The van der Waals surface area contributed by atoms with E-state index in [-0.39, 0.29) is 24.4 Å². The molecule has 0 heterocycles. The topological polar surface area (TPSA) is 26.0 Å². The first-order valence-corrected chi connectivity index (χ1v) is 3.74. The minimum absolute atomic E-state index is 0. The second-order valence-electron chi connectivity index (χ2n) is 3.01. The van der Waals surface area contributed by atoms with Crippen molar-refractivity contribution < 1.29 is 8.78 Å². The summed E-state index contributed by atoms with van der Waals surface area (Å²) >= 11 is 0. The van der Waals surface area contributed by atoms with Crippen LogP contribution in [0.1, 0.15) is 25.7 Å². The summed E-state index contributed by atoms with van der Waals surface area (Å²) in [5.74, 6) is -0.375. The largest absolute Gasteiger partial charge is 0.328 e. The monoisotopic (exact) mass is 185 g/mol. The van der Waals surface area contributed by atoms with Gasteiger partial charge in [0.2, 0.25) is 6.43 Å². The molecule has 0 saturated heterocycles. The van der Waals surface area contributed by atoms with Crippen molar-refractivity contribution in [2.75, 3.05) is 0 Å². The Morgan fingerprint density at radius 1 is 1.09 bits per heavy atom. The molecule has 2 N–H and O–H groups in total. The van der Waals surface area contributed by atoms with E-state index in [9.17, 15) is 8.78 Å². The molecule has 0 spiro atoms. The summed E-state index contributed by atoms with van der Waals surface area (Å²) in [6.07, 6.45) is 0.634. The maximum atomic E-state index is 12.0. The highest BCUT2D eigenvalue weighted by atomic mass is 35.5. The lowest BCUT2D eigenvalue weighted by molar-refractivity contribution is 0.0533. The van der Waals surface area contributed by atoms with Crippen molar-refractivity contribution in [2.45, 2.75) is 38.2 Å². The molecule has 0 aliphatic heterocycles. The second-order valence-corrected chi connectivity index (χ2v) is 3.01. The summed E-state index contributed by atoms with van der Waals surface area (Å²) in [5.41, 5.74) is 5.55. The molecule has 0 aromatic heterocycles. The van der Waals surface area contributed by atoms with E-state index in [0.29, 0.717) is 12.8 Å². The SMILES string of the molecule is Cl.N[C@H]1CC[C@H](C(F)F)CC1. The molecule has 1 rings (SSSR count). The third-order valence-corrected chi connectivity index (χ3v) is 2.17. The van der Waals surface area contributed by atoms with Gasteiger partial charge in [-0.25, -0.2) is 8.78 Å². The van der Waals surface area contributed by atoms with E-state index >= 15 is 0 Å². The highest BCUT2D eigenvalue weighted by Crippen LogP contribution is 2.27. The van der Waals surface area contributed by atoms with E-state index in [1.165, 1.54) is 0 Å². The van der Waals surface area contributed by atoms with Crippen LogP contribution >= 0.6 is 12.4 Å². The van der Waals surface area contributed by atoms with Crippen LogP contribution in [0.3, 0.4) is 0 Å². The average Bonchev–Trinajstić information content (AvgIpc) is 1.88. The van der Waals surface area contributed by atoms with E-state index in [1.807, 2.05) is 0 Å². The number of rotatable bonds is 1. The third-order valence-electron chi connectivity index (χ3n) is 2.17. The molecule has 0 aromatic rings. The molecule has 1 fully saturated rings. The Hall–Kier alpha value is 0.110. The predicted octanol–water partition coefficient (Wildman–Crippen LogP) is 2.19. The molecule has 1 aliphatic rings. The van der Waals surface area contributed by atoms with Gasteiger partial charge in [-0.1, -0.05) is 0 Å². The summed E-state index contributed by atoms with van der Waals surface area (Å²) in [5, 5.41) is 0. The van der Waals surface area contributed by atoms with Gasteiger partial charge < -0.3 is 5.73 Å². The first-order chi connectivity index (χ1) is 4.70. The molecule has 0 unspecified atom stereocenters. The van der Waals surface area contributed by atoms with Crippen molar-refractivity contribution in [1.82, 2.24) is 0 Å². The fraction of sp³-hybridized carbons (Fsp3) is 1.00. The van der Waals surface area contributed by atoms with Crippen LogP contribution in [0.25, 0.3) is 0 Å². The molecule has 1 aliphatic carbocycles. The standard InChI is InChI=1S/C7H13F2N.ClH/c8-7(9)5-1-3-6(10)4-2-5;/h5-7H,1-4,10H2;1H/t5-,6-;. The molecule has 1 nitrogen and oxygen atoms in total. The van der Waals surface area contributed by atoms with Gasteiger partial charge in [-0.05, 0) is 25.7 Å². The maximum absolute atomic E-state index is 12.0. The summed E-state index contributed by atoms with van der Waals surface area (Å²) in [6, 6.07) is 0.176. The van der Waals surface area contributed by atoms with E-state index in [4.69, 9.17) is 5.73 Å². The van der Waals surface area contributed by atoms with Crippen molar-refractivity contribution in [1.29, 1.82) is 0 Å². The Kier molecular flexibility index (Phi) is 4.93. The van der Waals surface area contributed by atoms with Gasteiger partial charge in [-0.2, -0.15) is 0 Å². The molecule has 0 bridgehead atoms. The van der Waals surface area contributed by atoms with Crippen molar-refractivity contribution in [3.05, 3.63) is 0 Å². The van der Waals surface area contributed by atoms with Gasteiger partial charge in [0.15, 0.2) is 0 Å². The predicted molar refractivity (Wildman–Crippen MR) is 43.2 cm³/mol. The van der Waals surface area contributed by atoms with Crippen molar-refractivity contribution in [3.8, 4) is 0 Å². The van der Waals surface area contributed by atoms with Crippen LogP contribution in [0.15, 0.2) is 0 Å². The molecular weight excluding hydrogens is 172 g/mol. The fourth-order valence-corrected chi connectivity index (χ4v) is 1.40. The molecule has 0 aromatic carbocycles.